The second-order valence-corrected chi connectivity index (χ2v) is 1.80. The molecule has 0 atom stereocenters. The monoisotopic (exact) mass is 318 g/mol. The summed E-state index contributed by atoms with van der Waals surface area (Å²) in [6.07, 6.45) is 0. The summed E-state index contributed by atoms with van der Waals surface area (Å²) in [4.78, 5) is 20.2. The topological polar surface area (TPSA) is 52.6 Å². The number of hydrogen-bond donors (Lipinski definition) is 0. The van der Waals surface area contributed by atoms with Gasteiger partial charge in [0.25, 0.3) is 0 Å². The molecule has 0 aromatic rings. The fourth-order valence-corrected chi connectivity index (χ4v) is 0.500. The van der Waals surface area contributed by atoms with Crippen molar-refractivity contribution in [2.75, 3.05) is 0 Å². The van der Waals surface area contributed by atoms with Crippen LogP contribution in [0.15, 0.2) is 0 Å². The van der Waals surface area contributed by atoms with Gasteiger partial charge in [-0.2, -0.15) is 0 Å². The molecule has 0 unspecified atom stereocenters. The minimum atomic E-state index is -0.883. The summed E-state index contributed by atoms with van der Waals surface area (Å²) in [6.45, 7) is 0. The molecule has 4 nitrogen and oxygen atoms in total. The van der Waals surface area contributed by atoms with Crippen LogP contribution < -0.4 is 0 Å². The Morgan fingerprint density at radius 2 is 1.10 bits per heavy atom. The Hall–Kier alpha value is 3.62. The zero-order valence-corrected chi connectivity index (χ0v) is 8.63. The van der Waals surface area contributed by atoms with Crippen LogP contribution in [0.2, 0.25) is 0 Å². The molecule has 0 aliphatic rings. The van der Waals surface area contributed by atoms with E-state index in [2.05, 4.69) is 7.58 Å². The SMILES string of the molecule is O=C([O][AlH2])C(=O)[O][AlH2].[RbH].[RbH]. The Bertz CT molecular complexity index is 104. The van der Waals surface area contributed by atoms with Gasteiger partial charge in [0, 0.05) is 0 Å². The number of hydrogen-bond acceptors (Lipinski definition) is 4. The van der Waals surface area contributed by atoms with Crippen LogP contribution in [0.25, 0.3) is 0 Å². The predicted octanol–water partition coefficient (Wildman–Crippen LogP) is -4.13. The van der Waals surface area contributed by atoms with Crippen molar-refractivity contribution in [2.24, 2.45) is 0 Å². The first kappa shape index (κ1) is 19.2. The Kier molecular flexibility index (Phi) is 24.3. The van der Waals surface area contributed by atoms with Gasteiger partial charge in [-0.3, -0.25) is 0 Å². The van der Waals surface area contributed by atoms with Gasteiger partial charge in [0.05, 0.1) is 0 Å². The molecule has 0 radical (unpaired) electrons. The van der Waals surface area contributed by atoms with Gasteiger partial charge in [-0.05, 0) is 0 Å². The van der Waals surface area contributed by atoms with Crippen LogP contribution in [0, 0.1) is 0 Å². The molecule has 0 amide bonds. The van der Waals surface area contributed by atoms with Gasteiger partial charge in [-0.1, -0.05) is 0 Å². The van der Waals surface area contributed by atoms with Gasteiger partial charge in [0.2, 0.25) is 0 Å². The Balaban J connectivity index is -0.000000245. The Morgan fingerprint density at radius 3 is 1.20 bits per heavy atom. The average Bonchev–Trinajstić information content (AvgIpc) is 1.84. The number of carbonyl (C=O) groups is 2. The van der Waals surface area contributed by atoms with Crippen LogP contribution in [0.5, 0.6) is 0 Å². The van der Waals surface area contributed by atoms with Gasteiger partial charge in [0.1, 0.15) is 0 Å². The third kappa shape index (κ3) is 9.70. The summed E-state index contributed by atoms with van der Waals surface area (Å²) in [6, 6.07) is 0. The van der Waals surface area contributed by atoms with Crippen molar-refractivity contribution in [1.29, 1.82) is 0 Å². The molecule has 0 spiro atoms. The first-order valence-corrected chi connectivity index (χ1v) is 3.52. The second-order valence-electron chi connectivity index (χ2n) is 0.983. The van der Waals surface area contributed by atoms with Gasteiger partial charge in [-0.25, -0.2) is 9.59 Å². The molecular formula is C2H6Al2O4Rb2. The molecule has 0 aliphatic heterocycles. The van der Waals surface area contributed by atoms with Crippen LogP contribution >= 0.6 is 0 Å². The fourth-order valence-electron chi connectivity index (χ4n) is 0.167. The molecule has 0 rings (SSSR count). The van der Waals surface area contributed by atoms with Crippen molar-refractivity contribution < 1.29 is 17.2 Å². The summed E-state index contributed by atoms with van der Waals surface area (Å²) in [7, 11) is 0. The van der Waals surface area contributed by atoms with E-state index in [1.54, 1.807) is 0 Å². The summed E-state index contributed by atoms with van der Waals surface area (Å²) >= 11 is 0.481. The Labute approximate surface area is 173 Å². The predicted molar refractivity (Wildman–Crippen MR) is 43.6 cm³/mol. The number of rotatable bonds is 0. The molecule has 46 valence electrons. The first-order valence-electron chi connectivity index (χ1n) is 1.88. The molecule has 0 heterocycles. The molecule has 0 aromatic carbocycles. The molecule has 0 saturated carbocycles. The maximum absolute atomic E-state index is 10.1. The first-order chi connectivity index (χ1) is 3.72. The molecule has 0 N–H and O–H groups in total. The van der Waals surface area contributed by atoms with Gasteiger partial charge in [0.15, 0.2) is 0 Å². The quantitative estimate of drug-likeness (QED) is 0.336. The molecular weight excluding hydrogens is 313 g/mol. The fraction of sp³-hybridized carbons (Fsp3) is 0. The van der Waals surface area contributed by atoms with Gasteiger partial charge in [-0.15, -0.1) is 0 Å². The van der Waals surface area contributed by atoms with Crippen molar-refractivity contribution in [2.45, 2.75) is 0 Å². The number of carbonyl (C=O) groups excluding carboxylic acids is 2. The molecule has 0 aliphatic carbocycles. The van der Waals surface area contributed by atoms with Crippen molar-refractivity contribution in [1.82, 2.24) is 0 Å². The van der Waals surface area contributed by atoms with Gasteiger partial charge >= 0.3 is 162 Å². The van der Waals surface area contributed by atoms with Crippen molar-refractivity contribution in [3.63, 3.8) is 0 Å². The van der Waals surface area contributed by atoms with Crippen molar-refractivity contribution >= 4 is 162 Å². The Morgan fingerprint density at radius 1 is 0.900 bits per heavy atom. The summed E-state index contributed by atoms with van der Waals surface area (Å²) in [5, 5.41) is 0. The maximum atomic E-state index is 10.1. The zero-order valence-electron chi connectivity index (χ0n) is 4.63. The average molecular weight is 319 g/mol. The molecule has 0 fully saturated rings. The standard InChI is InChI=1S/C2H2O4.2Al.2Rb.6H/c3-1(4)2(5)6;;;;;;;;;;/h(H,3,4)(H,5,6);;;;;;;;;;/q;2*+1;;;;;;;;/p-2. The summed E-state index contributed by atoms with van der Waals surface area (Å²) in [5.74, 6) is -1.77. The van der Waals surface area contributed by atoms with E-state index < -0.39 is 11.9 Å². The van der Waals surface area contributed by atoms with E-state index in [1.807, 2.05) is 0 Å². The van der Waals surface area contributed by atoms with E-state index in [-0.39, 0.29) is 150 Å². The second kappa shape index (κ2) is 12.6. The van der Waals surface area contributed by atoms with E-state index in [9.17, 15) is 9.59 Å². The normalized spacial score (nSPS) is 6.00. The van der Waals surface area contributed by atoms with E-state index in [1.165, 1.54) is 0 Å². The summed E-state index contributed by atoms with van der Waals surface area (Å²) in [5.41, 5.74) is 0. The van der Waals surface area contributed by atoms with Crippen LogP contribution in [0.3, 0.4) is 0 Å². The molecule has 10 heavy (non-hydrogen) atoms. The van der Waals surface area contributed by atoms with E-state index >= 15 is 0 Å². The van der Waals surface area contributed by atoms with E-state index in [0.29, 0.717) is 0 Å². The zero-order chi connectivity index (χ0) is 6.57. The van der Waals surface area contributed by atoms with E-state index in [4.69, 9.17) is 0 Å². The van der Waals surface area contributed by atoms with E-state index in [0.717, 1.165) is 0 Å². The van der Waals surface area contributed by atoms with Crippen LogP contribution in [-0.2, 0) is 17.2 Å². The molecule has 0 aromatic heterocycles. The third-order valence-electron chi connectivity index (χ3n) is 0.537. The third-order valence-corrected chi connectivity index (χ3v) is 1.28. The van der Waals surface area contributed by atoms with Crippen LogP contribution in [0.1, 0.15) is 0 Å². The van der Waals surface area contributed by atoms with Crippen molar-refractivity contribution in [3.8, 4) is 0 Å². The van der Waals surface area contributed by atoms with Crippen LogP contribution in [-0.4, -0.2) is 162 Å². The molecule has 0 saturated heterocycles. The van der Waals surface area contributed by atoms with Gasteiger partial charge < -0.3 is 7.58 Å². The minimum absolute atomic E-state index is 0. The molecule has 0 bridgehead atoms. The van der Waals surface area contributed by atoms with Crippen molar-refractivity contribution in [3.05, 3.63) is 0 Å². The summed E-state index contributed by atoms with van der Waals surface area (Å²) < 4.78 is 8.30. The van der Waals surface area contributed by atoms with Crippen LogP contribution in [0.4, 0.5) is 0 Å². The molecule has 8 heteroatoms.